The van der Waals surface area contributed by atoms with E-state index < -0.39 is 23.2 Å². The summed E-state index contributed by atoms with van der Waals surface area (Å²) >= 11 is 0. The molecule has 2 heterocycles. The van der Waals surface area contributed by atoms with Crippen LogP contribution in [0, 0.1) is 47.8 Å². The van der Waals surface area contributed by atoms with Crippen LogP contribution in [0.5, 0.6) is 5.75 Å². The number of hydrogen-bond donors (Lipinski definition) is 2. The second kappa shape index (κ2) is 6.72. The molecule has 1 aromatic rings. The fourth-order valence-electron chi connectivity index (χ4n) is 8.94. The van der Waals surface area contributed by atoms with Crippen LogP contribution in [0.25, 0.3) is 0 Å². The van der Waals surface area contributed by atoms with Crippen LogP contribution in [0.3, 0.4) is 0 Å². The van der Waals surface area contributed by atoms with Crippen molar-refractivity contribution >= 4 is 5.78 Å². The van der Waals surface area contributed by atoms with Crippen molar-refractivity contribution in [1.82, 2.24) is 0 Å². The Hall–Kier alpha value is -1.66. The highest BCUT2D eigenvalue weighted by molar-refractivity contribution is 5.85. The van der Waals surface area contributed by atoms with Crippen molar-refractivity contribution in [3.63, 3.8) is 0 Å². The highest BCUT2D eigenvalue weighted by atomic mass is 16.5. The fourth-order valence-corrected chi connectivity index (χ4v) is 8.94. The van der Waals surface area contributed by atoms with E-state index >= 15 is 0 Å². The third kappa shape index (κ3) is 2.68. The Balaban J connectivity index is 1.67. The first kappa shape index (κ1) is 23.1. The summed E-state index contributed by atoms with van der Waals surface area (Å²) in [6, 6.07) is 0. The predicted molar refractivity (Wildman–Crippen MR) is 123 cm³/mol. The Bertz CT molecular complexity index is 1090. The summed E-state index contributed by atoms with van der Waals surface area (Å²) in [6.07, 6.45) is 1.28. The molecule has 1 aliphatic heterocycles. The van der Waals surface area contributed by atoms with Gasteiger partial charge in [-0.05, 0) is 69.1 Å². The summed E-state index contributed by atoms with van der Waals surface area (Å²) < 4.78 is 12.0. The van der Waals surface area contributed by atoms with Crippen LogP contribution in [-0.4, -0.2) is 33.8 Å². The largest absolute Gasteiger partial charge is 0.483 e. The Morgan fingerprint density at radius 2 is 1.58 bits per heavy atom. The van der Waals surface area contributed by atoms with Gasteiger partial charge in [0.1, 0.15) is 29.0 Å². The van der Waals surface area contributed by atoms with E-state index in [0.29, 0.717) is 42.1 Å². The molecule has 3 aliphatic carbocycles. The van der Waals surface area contributed by atoms with Crippen molar-refractivity contribution < 1.29 is 24.2 Å². The normalized spacial score (nSPS) is 45.8. The minimum absolute atomic E-state index is 0.141. The molecular weight excluding hydrogens is 420 g/mol. The molecule has 0 saturated heterocycles. The van der Waals surface area contributed by atoms with Gasteiger partial charge in [-0.2, -0.15) is 0 Å². The zero-order valence-corrected chi connectivity index (χ0v) is 20.9. The first-order valence-electron chi connectivity index (χ1n) is 12.4. The van der Waals surface area contributed by atoms with Gasteiger partial charge in [0.05, 0.1) is 11.7 Å². The van der Waals surface area contributed by atoms with Gasteiger partial charge < -0.3 is 19.4 Å². The van der Waals surface area contributed by atoms with Crippen molar-refractivity contribution in [2.24, 2.45) is 34.0 Å². The number of carbonyl (C=O) groups excluding carboxylic acids is 1. The van der Waals surface area contributed by atoms with Gasteiger partial charge in [0.2, 0.25) is 0 Å². The lowest BCUT2D eigenvalue weighted by Gasteiger charge is -2.70. The fraction of sp³-hybridized carbons (Fsp3) is 0.778. The molecule has 0 spiro atoms. The molecule has 0 aromatic carbocycles. The lowest BCUT2D eigenvalue weighted by molar-refractivity contribution is -0.282. The molecule has 0 radical (unpaired) electrons. The molecular formula is C27H38O6. The van der Waals surface area contributed by atoms with Crippen molar-refractivity contribution in [3.8, 4) is 5.75 Å². The van der Waals surface area contributed by atoms with Crippen LogP contribution in [0.15, 0.2) is 9.21 Å². The molecule has 33 heavy (non-hydrogen) atoms. The van der Waals surface area contributed by atoms with Crippen molar-refractivity contribution in [2.75, 3.05) is 0 Å². The summed E-state index contributed by atoms with van der Waals surface area (Å²) in [7, 11) is 0. The predicted octanol–water partition coefficient (Wildman–Crippen LogP) is 3.73. The Kier molecular flexibility index (Phi) is 4.70. The van der Waals surface area contributed by atoms with Gasteiger partial charge in [-0.1, -0.05) is 27.7 Å². The van der Waals surface area contributed by atoms with Crippen LogP contribution in [0.2, 0.25) is 0 Å². The van der Waals surface area contributed by atoms with E-state index in [0.717, 1.165) is 18.4 Å². The number of rotatable bonds is 0. The number of fused-ring (bicyclic) bond motifs is 6. The van der Waals surface area contributed by atoms with Crippen molar-refractivity contribution in [2.45, 2.75) is 98.4 Å². The van der Waals surface area contributed by atoms with Gasteiger partial charge in [0.25, 0.3) is 0 Å². The second-order valence-corrected chi connectivity index (χ2v) is 12.6. The van der Waals surface area contributed by atoms with Crippen LogP contribution in [-0.2, 0) is 11.2 Å². The molecule has 6 nitrogen and oxygen atoms in total. The minimum Gasteiger partial charge on any atom is -0.483 e. The van der Waals surface area contributed by atoms with Crippen molar-refractivity contribution in [3.05, 3.63) is 27.3 Å². The third-order valence-electron chi connectivity index (χ3n) is 10.8. The van der Waals surface area contributed by atoms with Crippen LogP contribution in [0.1, 0.15) is 77.2 Å². The second-order valence-electron chi connectivity index (χ2n) is 12.6. The molecule has 1 aromatic heterocycles. The molecule has 3 saturated carbocycles. The number of carbonyl (C=O) groups is 1. The van der Waals surface area contributed by atoms with Gasteiger partial charge in [-0.15, -0.1) is 0 Å². The molecule has 3 fully saturated rings. The summed E-state index contributed by atoms with van der Waals surface area (Å²) in [5.74, 6) is 1.08. The van der Waals surface area contributed by atoms with Crippen molar-refractivity contribution in [1.29, 1.82) is 0 Å². The number of hydrogen-bond acceptors (Lipinski definition) is 6. The maximum Gasteiger partial charge on any atom is 0.342 e. The first-order chi connectivity index (χ1) is 15.2. The standard InChI is InChI=1S/C27H38O6/c1-13-14(2)32-23(31)15-12-17-26(6)10-8-16-24(3,4)18(28)9-11-25(16,5)21(26)19(29)22(30)27(17,7)33-20(13)15/h16-17,19,21-22,29-30H,8-12H2,1-7H3/t16-,17-,19+,21+,22+,25-,26-,27+/m0/s1. The molecule has 0 unspecified atom stereocenters. The summed E-state index contributed by atoms with van der Waals surface area (Å²) in [5.41, 5.74) is -1.20. The zero-order chi connectivity index (χ0) is 24.3. The van der Waals surface area contributed by atoms with E-state index in [1.165, 1.54) is 0 Å². The quantitative estimate of drug-likeness (QED) is 0.615. The number of aliphatic hydroxyl groups excluding tert-OH is 2. The van der Waals surface area contributed by atoms with E-state index in [2.05, 4.69) is 13.8 Å². The zero-order valence-electron chi connectivity index (χ0n) is 20.9. The Labute approximate surface area is 195 Å². The van der Waals surface area contributed by atoms with Gasteiger partial charge in [-0.25, -0.2) is 4.79 Å². The minimum atomic E-state index is -1.10. The average molecular weight is 459 g/mol. The van der Waals surface area contributed by atoms with E-state index in [9.17, 15) is 19.8 Å². The molecule has 2 N–H and O–H groups in total. The maximum atomic E-state index is 12.8. The van der Waals surface area contributed by atoms with E-state index in [4.69, 9.17) is 9.15 Å². The van der Waals surface area contributed by atoms with E-state index in [1.54, 1.807) is 6.92 Å². The first-order valence-corrected chi connectivity index (χ1v) is 12.4. The molecule has 6 heteroatoms. The summed E-state index contributed by atoms with van der Waals surface area (Å²) in [5, 5.41) is 23.3. The summed E-state index contributed by atoms with van der Waals surface area (Å²) in [4.78, 5) is 25.7. The lowest BCUT2D eigenvalue weighted by Crippen LogP contribution is -2.75. The topological polar surface area (TPSA) is 97.0 Å². The SMILES string of the molecule is Cc1oc(=O)c2c(c1C)O[C@@]1(C)[C@H](O)[C@H](O)[C@@H]3[C@@]4(C)CCC(=O)C(C)(C)[C@@H]4CC[C@@]3(C)[C@@H]1C2. The monoisotopic (exact) mass is 458 g/mol. The average Bonchev–Trinajstić information content (AvgIpc) is 2.73. The third-order valence-corrected chi connectivity index (χ3v) is 10.8. The van der Waals surface area contributed by atoms with Gasteiger partial charge in [0, 0.05) is 23.3 Å². The number of ketones is 1. The number of Topliss-reactive ketones (excluding diaryl/α,β-unsaturated/α-hetero) is 1. The highest BCUT2D eigenvalue weighted by Crippen LogP contribution is 2.70. The Morgan fingerprint density at radius 1 is 0.939 bits per heavy atom. The van der Waals surface area contributed by atoms with Gasteiger partial charge in [-0.3, -0.25) is 4.79 Å². The molecule has 5 rings (SSSR count). The molecule has 4 aliphatic rings. The van der Waals surface area contributed by atoms with Crippen LogP contribution < -0.4 is 10.4 Å². The van der Waals surface area contributed by atoms with Crippen LogP contribution >= 0.6 is 0 Å². The van der Waals surface area contributed by atoms with Gasteiger partial charge >= 0.3 is 5.63 Å². The maximum absolute atomic E-state index is 12.8. The van der Waals surface area contributed by atoms with E-state index in [1.807, 2.05) is 27.7 Å². The number of ether oxygens (including phenoxy) is 1. The molecule has 8 atom stereocenters. The molecule has 0 bridgehead atoms. The van der Waals surface area contributed by atoms with Crippen LogP contribution in [0.4, 0.5) is 0 Å². The summed E-state index contributed by atoms with van der Waals surface area (Å²) in [6.45, 7) is 14.0. The number of aliphatic hydroxyl groups is 2. The lowest BCUT2D eigenvalue weighted by atomic mass is 9.36. The molecule has 0 amide bonds. The highest BCUT2D eigenvalue weighted by Gasteiger charge is 2.72. The van der Waals surface area contributed by atoms with Gasteiger partial charge in [0.15, 0.2) is 0 Å². The Morgan fingerprint density at radius 3 is 2.24 bits per heavy atom. The molecule has 182 valence electrons. The smallest absolute Gasteiger partial charge is 0.342 e. The van der Waals surface area contributed by atoms with E-state index in [-0.39, 0.29) is 34.2 Å². The number of aryl methyl sites for hydroxylation is 1.